The monoisotopic (exact) mass is 316 g/mol. The van der Waals surface area contributed by atoms with Gasteiger partial charge in [-0.25, -0.2) is 0 Å². The van der Waals surface area contributed by atoms with Gasteiger partial charge in [-0.05, 0) is 6.42 Å². The minimum Gasteiger partial charge on any atom is -0.465 e. The van der Waals surface area contributed by atoms with Crippen LogP contribution in [0.3, 0.4) is 0 Å². The van der Waals surface area contributed by atoms with Gasteiger partial charge < -0.3 is 18.9 Å². The Morgan fingerprint density at radius 2 is 1.27 bits per heavy atom. The third kappa shape index (κ3) is 5.34. The molecule has 0 saturated heterocycles. The normalized spacial score (nSPS) is 26.9. The summed E-state index contributed by atoms with van der Waals surface area (Å²) in [5.41, 5.74) is 0. The Hall–Kier alpha value is -2.12. The highest BCUT2D eigenvalue weighted by molar-refractivity contribution is 5.68. The molecule has 1 aliphatic carbocycles. The summed E-state index contributed by atoms with van der Waals surface area (Å²) in [6.07, 6.45) is -2.27. The number of hydrogen-bond acceptors (Lipinski definition) is 8. The Morgan fingerprint density at radius 1 is 0.773 bits per heavy atom. The van der Waals surface area contributed by atoms with Crippen molar-refractivity contribution in [3.63, 3.8) is 0 Å². The van der Waals surface area contributed by atoms with Gasteiger partial charge in [0.1, 0.15) is 12.2 Å². The van der Waals surface area contributed by atoms with Crippen LogP contribution in [-0.4, -0.2) is 48.8 Å². The fourth-order valence-electron chi connectivity index (χ4n) is 2.45. The van der Waals surface area contributed by atoms with E-state index in [0.717, 1.165) is 0 Å². The topological polar surface area (TPSA) is 105 Å². The average molecular weight is 316 g/mol. The Morgan fingerprint density at radius 3 is 1.73 bits per heavy atom. The van der Waals surface area contributed by atoms with Crippen LogP contribution >= 0.6 is 0 Å². The second kappa shape index (κ2) is 7.77. The average Bonchev–Trinajstić information content (AvgIpc) is 2.63. The van der Waals surface area contributed by atoms with E-state index in [1.165, 1.54) is 27.7 Å². The minimum absolute atomic E-state index is 0.0250. The first kappa shape index (κ1) is 17.9. The highest BCUT2D eigenvalue weighted by atomic mass is 16.6. The number of rotatable bonds is 5. The number of carbonyl (C=O) groups is 4. The molecule has 0 unspecified atom stereocenters. The first-order valence-electron chi connectivity index (χ1n) is 6.85. The van der Waals surface area contributed by atoms with Crippen molar-refractivity contribution in [2.45, 2.75) is 52.4 Å². The third-order valence-corrected chi connectivity index (χ3v) is 3.11. The number of carbonyl (C=O) groups excluding carboxylic acids is 4. The van der Waals surface area contributed by atoms with Gasteiger partial charge in [0, 0.05) is 33.6 Å². The van der Waals surface area contributed by atoms with E-state index in [2.05, 4.69) is 0 Å². The predicted octanol–water partition coefficient (Wildman–Crippen LogP) is 0.364. The van der Waals surface area contributed by atoms with Crippen molar-refractivity contribution in [2.24, 2.45) is 5.92 Å². The quantitative estimate of drug-likeness (QED) is 0.529. The molecule has 8 nitrogen and oxygen atoms in total. The molecule has 8 heteroatoms. The Balaban J connectivity index is 2.94. The van der Waals surface area contributed by atoms with Crippen LogP contribution in [0.4, 0.5) is 0 Å². The van der Waals surface area contributed by atoms with Gasteiger partial charge in [0.2, 0.25) is 0 Å². The molecule has 124 valence electrons. The van der Waals surface area contributed by atoms with Gasteiger partial charge in [0.05, 0.1) is 6.61 Å². The van der Waals surface area contributed by atoms with E-state index in [0.29, 0.717) is 0 Å². The Bertz CT molecular complexity index is 458. The number of hydrogen-bond donors (Lipinski definition) is 0. The van der Waals surface area contributed by atoms with Crippen molar-refractivity contribution in [1.29, 1.82) is 0 Å². The molecular formula is C14H20O8. The highest BCUT2D eigenvalue weighted by Gasteiger charge is 2.50. The lowest BCUT2D eigenvalue weighted by molar-refractivity contribution is -0.176. The zero-order valence-electron chi connectivity index (χ0n) is 13.0. The molecule has 4 atom stereocenters. The molecule has 0 aromatic carbocycles. The van der Waals surface area contributed by atoms with Gasteiger partial charge in [-0.3, -0.25) is 19.2 Å². The van der Waals surface area contributed by atoms with Crippen molar-refractivity contribution in [3.05, 3.63) is 0 Å². The smallest absolute Gasteiger partial charge is 0.303 e. The first-order chi connectivity index (χ1) is 10.2. The lowest BCUT2D eigenvalue weighted by Crippen LogP contribution is -2.40. The molecule has 0 heterocycles. The van der Waals surface area contributed by atoms with Gasteiger partial charge >= 0.3 is 23.9 Å². The molecule has 0 aromatic rings. The van der Waals surface area contributed by atoms with E-state index >= 15 is 0 Å². The Kier molecular flexibility index (Phi) is 6.33. The van der Waals surface area contributed by atoms with Crippen LogP contribution in [0.1, 0.15) is 34.1 Å². The number of ether oxygens (including phenoxy) is 4. The van der Waals surface area contributed by atoms with Crippen molar-refractivity contribution >= 4 is 23.9 Å². The summed E-state index contributed by atoms with van der Waals surface area (Å²) in [4.78, 5) is 44.6. The fraction of sp³-hybridized carbons (Fsp3) is 0.714. The van der Waals surface area contributed by atoms with Gasteiger partial charge in [-0.1, -0.05) is 0 Å². The number of esters is 4. The van der Waals surface area contributed by atoms with Crippen LogP contribution in [0.2, 0.25) is 0 Å². The standard InChI is InChI=1S/C14H20O8/c1-7(15)19-6-11-5-12(20-8(2)16)14(22-10(4)18)13(11)21-9(3)17/h11-14H,5-6H2,1-4H3/t11-,12-,13-,14-/m1/s1. The van der Waals surface area contributed by atoms with Crippen LogP contribution in [-0.2, 0) is 38.1 Å². The molecule has 0 bridgehead atoms. The summed E-state index contributed by atoms with van der Waals surface area (Å²) < 4.78 is 20.4. The maximum Gasteiger partial charge on any atom is 0.303 e. The van der Waals surface area contributed by atoms with Gasteiger partial charge in [-0.15, -0.1) is 0 Å². The summed E-state index contributed by atoms with van der Waals surface area (Å²) in [7, 11) is 0. The zero-order chi connectivity index (χ0) is 16.9. The molecule has 0 N–H and O–H groups in total. The van der Waals surface area contributed by atoms with Crippen LogP contribution in [0.5, 0.6) is 0 Å². The largest absolute Gasteiger partial charge is 0.465 e. The lowest BCUT2D eigenvalue weighted by atomic mass is 10.1. The predicted molar refractivity (Wildman–Crippen MR) is 71.4 cm³/mol. The molecule has 0 amide bonds. The fourth-order valence-corrected chi connectivity index (χ4v) is 2.45. The van der Waals surface area contributed by atoms with E-state index < -0.39 is 48.1 Å². The molecule has 1 rings (SSSR count). The molecular weight excluding hydrogens is 296 g/mol. The van der Waals surface area contributed by atoms with Crippen molar-refractivity contribution in [3.8, 4) is 0 Å². The second-order valence-corrected chi connectivity index (χ2v) is 5.09. The lowest BCUT2D eigenvalue weighted by Gasteiger charge is -2.25. The van der Waals surface area contributed by atoms with Crippen molar-refractivity contribution in [1.82, 2.24) is 0 Å². The second-order valence-electron chi connectivity index (χ2n) is 5.09. The van der Waals surface area contributed by atoms with Gasteiger partial charge in [-0.2, -0.15) is 0 Å². The molecule has 0 radical (unpaired) electrons. The maximum absolute atomic E-state index is 11.3. The Labute approximate surface area is 128 Å². The molecule has 0 aliphatic heterocycles. The molecule has 0 spiro atoms. The SMILES string of the molecule is CC(=O)OC[C@H]1C[C@@H](OC(C)=O)[C@@H](OC(C)=O)[C@@H]1OC(C)=O. The summed E-state index contributed by atoms with van der Waals surface area (Å²) in [6.45, 7) is 4.87. The van der Waals surface area contributed by atoms with E-state index in [9.17, 15) is 19.2 Å². The van der Waals surface area contributed by atoms with Gasteiger partial charge in [0.15, 0.2) is 6.10 Å². The maximum atomic E-state index is 11.3. The van der Waals surface area contributed by atoms with Crippen LogP contribution in [0.25, 0.3) is 0 Å². The molecule has 22 heavy (non-hydrogen) atoms. The third-order valence-electron chi connectivity index (χ3n) is 3.11. The van der Waals surface area contributed by atoms with Crippen LogP contribution < -0.4 is 0 Å². The summed E-state index contributed by atoms with van der Waals surface area (Å²) in [5, 5.41) is 0. The van der Waals surface area contributed by atoms with Crippen molar-refractivity contribution in [2.75, 3.05) is 6.61 Å². The molecule has 0 aromatic heterocycles. The van der Waals surface area contributed by atoms with E-state index in [1.807, 2.05) is 0 Å². The van der Waals surface area contributed by atoms with Crippen LogP contribution in [0, 0.1) is 5.92 Å². The van der Waals surface area contributed by atoms with Crippen molar-refractivity contribution < 1.29 is 38.1 Å². The van der Waals surface area contributed by atoms with Gasteiger partial charge in [0.25, 0.3) is 0 Å². The molecule has 1 saturated carbocycles. The zero-order valence-corrected chi connectivity index (χ0v) is 13.0. The summed E-state index contributed by atoms with van der Waals surface area (Å²) >= 11 is 0. The summed E-state index contributed by atoms with van der Waals surface area (Å²) in [6, 6.07) is 0. The minimum atomic E-state index is -0.925. The highest BCUT2D eigenvalue weighted by Crippen LogP contribution is 2.34. The first-order valence-corrected chi connectivity index (χ1v) is 6.85. The van der Waals surface area contributed by atoms with Crippen LogP contribution in [0.15, 0.2) is 0 Å². The summed E-state index contributed by atoms with van der Waals surface area (Å²) in [5.74, 6) is -2.62. The van der Waals surface area contributed by atoms with E-state index in [1.54, 1.807) is 0 Å². The van der Waals surface area contributed by atoms with E-state index in [-0.39, 0.29) is 13.0 Å². The van der Waals surface area contributed by atoms with E-state index in [4.69, 9.17) is 18.9 Å². The molecule has 1 fully saturated rings. The molecule has 1 aliphatic rings.